The standard InChI is InChI=1S/C16H29N3O2/c20-12-13-10-18(11-13)16(21)17-9-15-7-4-8-19(15)14-5-2-1-3-6-14/h13-15,20H,1-12H2,(H,17,21). The molecule has 2 aliphatic heterocycles. The third-order valence-electron chi connectivity index (χ3n) is 5.46. The second kappa shape index (κ2) is 6.97. The molecule has 2 N–H and O–H groups in total. The number of aliphatic hydroxyl groups excluding tert-OH is 1. The van der Waals surface area contributed by atoms with Crippen LogP contribution in [0.25, 0.3) is 0 Å². The Balaban J connectivity index is 1.42. The molecule has 0 aromatic heterocycles. The lowest BCUT2D eigenvalue weighted by molar-refractivity contribution is 0.0755. The Labute approximate surface area is 127 Å². The summed E-state index contributed by atoms with van der Waals surface area (Å²) in [6, 6.07) is 1.34. The Morgan fingerprint density at radius 1 is 1.10 bits per heavy atom. The number of likely N-dealkylation sites (tertiary alicyclic amines) is 2. The molecule has 5 heteroatoms. The van der Waals surface area contributed by atoms with Crippen molar-refractivity contribution in [3.63, 3.8) is 0 Å². The number of nitrogens with one attached hydrogen (secondary N) is 1. The summed E-state index contributed by atoms with van der Waals surface area (Å²) in [5.74, 6) is 0.293. The van der Waals surface area contributed by atoms with E-state index in [1.807, 2.05) is 0 Å². The predicted octanol–water partition coefficient (Wildman–Crippen LogP) is 1.42. The van der Waals surface area contributed by atoms with Gasteiger partial charge < -0.3 is 15.3 Å². The van der Waals surface area contributed by atoms with Gasteiger partial charge in [0, 0.05) is 44.2 Å². The first kappa shape index (κ1) is 15.1. The molecular formula is C16H29N3O2. The number of amides is 2. The SMILES string of the molecule is O=C(NCC1CCCN1C1CCCCC1)N1CC(CO)C1. The van der Waals surface area contributed by atoms with Gasteiger partial charge in [-0.2, -0.15) is 0 Å². The monoisotopic (exact) mass is 295 g/mol. The fraction of sp³-hybridized carbons (Fsp3) is 0.938. The average Bonchev–Trinajstić information content (AvgIpc) is 2.93. The average molecular weight is 295 g/mol. The van der Waals surface area contributed by atoms with Gasteiger partial charge in [-0.05, 0) is 32.2 Å². The quantitative estimate of drug-likeness (QED) is 0.825. The Hall–Kier alpha value is -0.810. The van der Waals surface area contributed by atoms with Gasteiger partial charge in [-0.15, -0.1) is 0 Å². The fourth-order valence-electron chi connectivity index (χ4n) is 4.14. The molecule has 0 radical (unpaired) electrons. The van der Waals surface area contributed by atoms with E-state index in [4.69, 9.17) is 5.11 Å². The minimum Gasteiger partial charge on any atom is -0.396 e. The van der Waals surface area contributed by atoms with Gasteiger partial charge in [-0.25, -0.2) is 4.79 Å². The molecule has 0 aromatic carbocycles. The van der Waals surface area contributed by atoms with E-state index >= 15 is 0 Å². The number of hydrogen-bond donors (Lipinski definition) is 2. The molecule has 1 atom stereocenters. The zero-order valence-electron chi connectivity index (χ0n) is 13.0. The molecule has 3 rings (SSSR count). The van der Waals surface area contributed by atoms with E-state index in [0.717, 1.165) is 12.6 Å². The van der Waals surface area contributed by atoms with E-state index in [0.29, 0.717) is 25.0 Å². The first-order chi connectivity index (χ1) is 10.3. The van der Waals surface area contributed by atoms with Crippen LogP contribution in [0.3, 0.4) is 0 Å². The van der Waals surface area contributed by atoms with Crippen molar-refractivity contribution >= 4 is 6.03 Å². The zero-order chi connectivity index (χ0) is 14.7. The summed E-state index contributed by atoms with van der Waals surface area (Å²) in [7, 11) is 0. The molecule has 21 heavy (non-hydrogen) atoms. The number of urea groups is 1. The highest BCUT2D eigenvalue weighted by Gasteiger charge is 2.33. The summed E-state index contributed by atoms with van der Waals surface area (Å²) in [6.45, 7) is 3.61. The molecule has 3 fully saturated rings. The largest absolute Gasteiger partial charge is 0.396 e. The van der Waals surface area contributed by atoms with Crippen molar-refractivity contribution in [1.82, 2.24) is 15.1 Å². The van der Waals surface area contributed by atoms with Gasteiger partial charge in [0.1, 0.15) is 0 Å². The fourth-order valence-corrected chi connectivity index (χ4v) is 4.14. The molecule has 1 unspecified atom stereocenters. The molecule has 2 amide bonds. The lowest BCUT2D eigenvalue weighted by Gasteiger charge is -2.39. The molecule has 3 aliphatic rings. The van der Waals surface area contributed by atoms with Crippen LogP contribution in [0.2, 0.25) is 0 Å². The van der Waals surface area contributed by atoms with Crippen molar-refractivity contribution < 1.29 is 9.90 Å². The van der Waals surface area contributed by atoms with Gasteiger partial charge in [0.25, 0.3) is 0 Å². The van der Waals surface area contributed by atoms with Crippen molar-refractivity contribution in [2.24, 2.45) is 5.92 Å². The van der Waals surface area contributed by atoms with Gasteiger partial charge in [0.05, 0.1) is 0 Å². The Morgan fingerprint density at radius 3 is 2.57 bits per heavy atom. The van der Waals surface area contributed by atoms with Crippen LogP contribution in [0.15, 0.2) is 0 Å². The second-order valence-electron chi connectivity index (χ2n) is 6.97. The van der Waals surface area contributed by atoms with Crippen LogP contribution >= 0.6 is 0 Å². The maximum atomic E-state index is 12.0. The van der Waals surface area contributed by atoms with Gasteiger partial charge in [0.15, 0.2) is 0 Å². The number of nitrogens with zero attached hydrogens (tertiary/aromatic N) is 2. The van der Waals surface area contributed by atoms with E-state index in [-0.39, 0.29) is 12.6 Å². The van der Waals surface area contributed by atoms with Crippen LogP contribution in [-0.4, -0.2) is 65.8 Å². The molecule has 5 nitrogen and oxygen atoms in total. The minimum atomic E-state index is 0.0511. The third-order valence-corrected chi connectivity index (χ3v) is 5.46. The van der Waals surface area contributed by atoms with Crippen molar-refractivity contribution in [2.75, 3.05) is 32.8 Å². The first-order valence-corrected chi connectivity index (χ1v) is 8.67. The van der Waals surface area contributed by atoms with Gasteiger partial charge >= 0.3 is 6.03 Å². The molecule has 120 valence electrons. The molecule has 1 aliphatic carbocycles. The lowest BCUT2D eigenvalue weighted by atomic mass is 9.94. The number of hydrogen-bond acceptors (Lipinski definition) is 3. The second-order valence-corrected chi connectivity index (χ2v) is 6.97. The summed E-state index contributed by atoms with van der Waals surface area (Å²) in [5.41, 5.74) is 0. The van der Waals surface area contributed by atoms with Crippen molar-refractivity contribution in [3.05, 3.63) is 0 Å². The van der Waals surface area contributed by atoms with E-state index in [1.54, 1.807) is 4.90 Å². The molecule has 0 bridgehead atoms. The van der Waals surface area contributed by atoms with Crippen LogP contribution in [0.5, 0.6) is 0 Å². The van der Waals surface area contributed by atoms with Crippen molar-refractivity contribution in [3.8, 4) is 0 Å². The maximum absolute atomic E-state index is 12.0. The number of carbonyl (C=O) groups is 1. The van der Waals surface area contributed by atoms with Crippen LogP contribution in [0.1, 0.15) is 44.9 Å². The van der Waals surface area contributed by atoms with Crippen LogP contribution in [-0.2, 0) is 0 Å². The number of aliphatic hydroxyl groups is 1. The molecule has 1 saturated carbocycles. The molecular weight excluding hydrogens is 266 g/mol. The van der Waals surface area contributed by atoms with E-state index < -0.39 is 0 Å². The topological polar surface area (TPSA) is 55.8 Å². The van der Waals surface area contributed by atoms with Crippen LogP contribution in [0, 0.1) is 5.92 Å². The van der Waals surface area contributed by atoms with Gasteiger partial charge in [-0.3, -0.25) is 4.90 Å². The summed E-state index contributed by atoms with van der Waals surface area (Å²) >= 11 is 0. The van der Waals surface area contributed by atoms with E-state index in [1.165, 1.54) is 51.5 Å². The van der Waals surface area contributed by atoms with Crippen molar-refractivity contribution in [1.29, 1.82) is 0 Å². The van der Waals surface area contributed by atoms with E-state index in [9.17, 15) is 4.79 Å². The van der Waals surface area contributed by atoms with E-state index in [2.05, 4.69) is 10.2 Å². The van der Waals surface area contributed by atoms with Gasteiger partial charge in [-0.1, -0.05) is 19.3 Å². The highest BCUT2D eigenvalue weighted by atomic mass is 16.3. The third kappa shape index (κ3) is 3.51. The van der Waals surface area contributed by atoms with Crippen LogP contribution < -0.4 is 5.32 Å². The lowest BCUT2D eigenvalue weighted by Crippen LogP contribution is -2.56. The van der Waals surface area contributed by atoms with Crippen molar-refractivity contribution in [2.45, 2.75) is 57.0 Å². The maximum Gasteiger partial charge on any atom is 0.317 e. The zero-order valence-corrected chi connectivity index (χ0v) is 13.0. The normalized spacial score (nSPS) is 28.6. The summed E-state index contributed by atoms with van der Waals surface area (Å²) in [6.07, 6.45) is 9.31. The smallest absolute Gasteiger partial charge is 0.317 e. The highest BCUT2D eigenvalue weighted by molar-refractivity contribution is 5.75. The number of carbonyl (C=O) groups excluding carboxylic acids is 1. The predicted molar refractivity (Wildman–Crippen MR) is 82.1 cm³/mol. The van der Waals surface area contributed by atoms with Gasteiger partial charge in [0.2, 0.25) is 0 Å². The molecule has 0 aromatic rings. The summed E-state index contributed by atoms with van der Waals surface area (Å²) in [4.78, 5) is 16.5. The first-order valence-electron chi connectivity index (χ1n) is 8.67. The Morgan fingerprint density at radius 2 is 1.86 bits per heavy atom. The van der Waals surface area contributed by atoms with Crippen LogP contribution in [0.4, 0.5) is 4.79 Å². The minimum absolute atomic E-state index is 0.0511. The molecule has 2 heterocycles. The molecule has 2 saturated heterocycles. The Bertz CT molecular complexity index is 351. The Kier molecular flexibility index (Phi) is 5.01. The summed E-state index contributed by atoms with van der Waals surface area (Å²) < 4.78 is 0. The number of rotatable bonds is 4. The highest BCUT2D eigenvalue weighted by Crippen LogP contribution is 2.29. The summed E-state index contributed by atoms with van der Waals surface area (Å²) in [5, 5.41) is 12.1. The molecule has 0 spiro atoms.